The summed E-state index contributed by atoms with van der Waals surface area (Å²) in [4.78, 5) is 9.95. The van der Waals surface area contributed by atoms with Crippen molar-refractivity contribution in [3.05, 3.63) is 53.7 Å². The molecule has 1 fully saturated rings. The molecule has 2 N–H and O–H groups in total. The summed E-state index contributed by atoms with van der Waals surface area (Å²) in [5.74, 6) is 1.21. The highest BCUT2D eigenvalue weighted by atomic mass is 19.1. The first-order valence-electron chi connectivity index (χ1n) is 9.33. The third kappa shape index (κ3) is 3.67. The average Bonchev–Trinajstić information content (AvgIpc) is 3.38. The van der Waals surface area contributed by atoms with Gasteiger partial charge in [0.15, 0.2) is 5.96 Å². The van der Waals surface area contributed by atoms with Crippen LogP contribution in [-0.2, 0) is 13.5 Å². The van der Waals surface area contributed by atoms with E-state index in [1.807, 2.05) is 31.2 Å². The number of aryl methyl sites for hydroxylation is 1. The van der Waals surface area contributed by atoms with E-state index in [0.29, 0.717) is 5.92 Å². The molecule has 0 aliphatic carbocycles. The fourth-order valence-electron chi connectivity index (χ4n) is 3.87. The number of nitrogens with one attached hydrogen (secondary N) is 2. The van der Waals surface area contributed by atoms with Crippen LogP contribution in [0.15, 0.2) is 41.8 Å². The first-order valence-corrected chi connectivity index (χ1v) is 9.33. The first kappa shape index (κ1) is 17.6. The molecule has 0 amide bonds. The minimum absolute atomic E-state index is 0.203. The Morgan fingerprint density at radius 2 is 2.33 bits per heavy atom. The molecule has 1 aliphatic heterocycles. The number of halogens is 1. The van der Waals surface area contributed by atoms with E-state index >= 15 is 0 Å². The maximum atomic E-state index is 13.5. The van der Waals surface area contributed by atoms with E-state index in [9.17, 15) is 4.39 Å². The third-order valence-corrected chi connectivity index (χ3v) is 5.30. The number of aliphatic imine (C=N–C) groups is 1. The maximum Gasteiger partial charge on any atom is 0.193 e. The summed E-state index contributed by atoms with van der Waals surface area (Å²) in [5.41, 5.74) is 3.37. The largest absolute Gasteiger partial charge is 0.361 e. The first-order chi connectivity index (χ1) is 13.1. The fraction of sp³-hybridized carbons (Fsp3) is 0.400. The topological polar surface area (TPSA) is 61.2 Å². The number of benzene rings is 1. The van der Waals surface area contributed by atoms with Gasteiger partial charge in [-0.3, -0.25) is 9.67 Å². The second-order valence-corrected chi connectivity index (χ2v) is 7.11. The Labute approximate surface area is 158 Å². The fourth-order valence-corrected chi connectivity index (χ4v) is 3.87. The van der Waals surface area contributed by atoms with Gasteiger partial charge in [-0.2, -0.15) is 5.10 Å². The quantitative estimate of drug-likeness (QED) is 0.550. The summed E-state index contributed by atoms with van der Waals surface area (Å²) < 4.78 is 15.4. The van der Waals surface area contributed by atoms with Crippen molar-refractivity contribution in [2.24, 2.45) is 12.0 Å². The van der Waals surface area contributed by atoms with E-state index in [-0.39, 0.29) is 5.82 Å². The molecule has 0 saturated carbocycles. The molecule has 1 aliphatic rings. The molecule has 2 aromatic heterocycles. The normalized spacial score (nSPS) is 17.8. The lowest BCUT2D eigenvalue weighted by atomic mass is 10.0. The number of aromatic amines is 1. The van der Waals surface area contributed by atoms with Crippen LogP contribution >= 0.6 is 0 Å². The summed E-state index contributed by atoms with van der Waals surface area (Å²) in [6, 6.07) is 4.85. The van der Waals surface area contributed by atoms with Crippen LogP contribution in [0.2, 0.25) is 0 Å². The average molecular weight is 368 g/mol. The van der Waals surface area contributed by atoms with Crippen LogP contribution in [0.1, 0.15) is 23.5 Å². The number of hydrogen-bond acceptors (Lipinski definition) is 2. The molecular formula is C20H25FN6. The van der Waals surface area contributed by atoms with Crippen LogP contribution in [0.25, 0.3) is 10.9 Å². The Morgan fingerprint density at radius 3 is 3.11 bits per heavy atom. The van der Waals surface area contributed by atoms with Crippen molar-refractivity contribution in [3.8, 4) is 0 Å². The van der Waals surface area contributed by atoms with Crippen molar-refractivity contribution >= 4 is 16.9 Å². The number of fused-ring (bicyclic) bond motifs is 1. The number of H-pyrrole nitrogens is 1. The van der Waals surface area contributed by atoms with Crippen molar-refractivity contribution in [3.63, 3.8) is 0 Å². The summed E-state index contributed by atoms with van der Waals surface area (Å²) in [6.07, 6.45) is 7.93. The summed E-state index contributed by atoms with van der Waals surface area (Å²) in [6.45, 7) is 2.69. The molecule has 27 heavy (non-hydrogen) atoms. The molecule has 7 heteroatoms. The Morgan fingerprint density at radius 1 is 1.44 bits per heavy atom. The van der Waals surface area contributed by atoms with Crippen molar-refractivity contribution in [1.29, 1.82) is 0 Å². The Kier molecular flexibility index (Phi) is 4.83. The molecule has 1 saturated heterocycles. The van der Waals surface area contributed by atoms with E-state index in [1.165, 1.54) is 11.6 Å². The van der Waals surface area contributed by atoms with E-state index < -0.39 is 0 Å². The van der Waals surface area contributed by atoms with Crippen molar-refractivity contribution in [1.82, 2.24) is 25.0 Å². The maximum absolute atomic E-state index is 13.5. The molecule has 0 spiro atoms. The van der Waals surface area contributed by atoms with E-state index in [2.05, 4.69) is 31.5 Å². The van der Waals surface area contributed by atoms with Gasteiger partial charge in [0.2, 0.25) is 0 Å². The molecule has 0 radical (unpaired) electrons. The van der Waals surface area contributed by atoms with E-state index in [1.54, 1.807) is 12.1 Å². The highest BCUT2D eigenvalue weighted by Crippen LogP contribution is 2.26. The van der Waals surface area contributed by atoms with Gasteiger partial charge in [-0.25, -0.2) is 4.39 Å². The third-order valence-electron chi connectivity index (χ3n) is 5.30. The lowest BCUT2D eigenvalue weighted by Gasteiger charge is -2.21. The molecule has 3 heterocycles. The van der Waals surface area contributed by atoms with Crippen molar-refractivity contribution < 1.29 is 4.39 Å². The zero-order valence-corrected chi connectivity index (χ0v) is 15.7. The summed E-state index contributed by atoms with van der Waals surface area (Å²) in [5, 5.41) is 8.69. The van der Waals surface area contributed by atoms with Crippen LogP contribution in [0.4, 0.5) is 4.39 Å². The number of rotatable bonds is 4. The van der Waals surface area contributed by atoms with Crippen LogP contribution < -0.4 is 5.32 Å². The minimum Gasteiger partial charge on any atom is -0.361 e. The Hall–Kier alpha value is -2.83. The minimum atomic E-state index is -0.203. The summed E-state index contributed by atoms with van der Waals surface area (Å²) in [7, 11) is 3.77. The SMILES string of the molecule is CN=C(NCCc1c[nH]c2ccc(F)cc12)N1CCC(c2cnn(C)c2)C1. The summed E-state index contributed by atoms with van der Waals surface area (Å²) >= 11 is 0. The van der Waals surface area contributed by atoms with Crippen LogP contribution in [0.5, 0.6) is 0 Å². The van der Waals surface area contributed by atoms with Gasteiger partial charge >= 0.3 is 0 Å². The molecule has 1 aromatic carbocycles. The highest BCUT2D eigenvalue weighted by molar-refractivity contribution is 5.83. The zero-order chi connectivity index (χ0) is 18.8. The molecule has 0 bridgehead atoms. The van der Waals surface area contributed by atoms with Gasteiger partial charge < -0.3 is 15.2 Å². The Balaban J connectivity index is 1.35. The predicted molar refractivity (Wildman–Crippen MR) is 105 cm³/mol. The molecule has 1 unspecified atom stereocenters. The Bertz CT molecular complexity index is 956. The number of hydrogen-bond donors (Lipinski definition) is 2. The number of guanidine groups is 1. The second kappa shape index (κ2) is 7.42. The van der Waals surface area contributed by atoms with Gasteiger partial charge in [0.05, 0.1) is 6.20 Å². The predicted octanol–water partition coefficient (Wildman–Crippen LogP) is 2.65. The number of nitrogens with zero attached hydrogens (tertiary/aromatic N) is 4. The number of likely N-dealkylation sites (tertiary alicyclic amines) is 1. The lowest BCUT2D eigenvalue weighted by Crippen LogP contribution is -2.40. The number of aromatic nitrogens is 3. The molecular weight excluding hydrogens is 343 g/mol. The second-order valence-electron chi connectivity index (χ2n) is 7.11. The molecule has 1 atom stereocenters. The lowest BCUT2D eigenvalue weighted by molar-refractivity contribution is 0.486. The molecule has 3 aromatic rings. The van der Waals surface area contributed by atoms with E-state index in [4.69, 9.17) is 0 Å². The van der Waals surface area contributed by atoms with Crippen LogP contribution in [0.3, 0.4) is 0 Å². The van der Waals surface area contributed by atoms with Crippen LogP contribution in [-0.4, -0.2) is 52.3 Å². The molecule has 6 nitrogen and oxygen atoms in total. The molecule has 142 valence electrons. The van der Waals surface area contributed by atoms with Gasteiger partial charge in [0.25, 0.3) is 0 Å². The van der Waals surface area contributed by atoms with Gasteiger partial charge in [-0.15, -0.1) is 0 Å². The van der Waals surface area contributed by atoms with Gasteiger partial charge in [-0.1, -0.05) is 0 Å². The van der Waals surface area contributed by atoms with E-state index in [0.717, 1.165) is 54.9 Å². The molecule has 4 rings (SSSR count). The van der Waals surface area contributed by atoms with Crippen LogP contribution in [0, 0.1) is 5.82 Å². The highest BCUT2D eigenvalue weighted by Gasteiger charge is 2.26. The van der Waals surface area contributed by atoms with Crippen molar-refractivity contribution in [2.75, 3.05) is 26.7 Å². The monoisotopic (exact) mass is 368 g/mol. The standard InChI is InChI=1S/C20H25FN6/c1-22-20(27-8-6-15(13-27)16-11-25-26(2)12-16)23-7-5-14-10-24-19-4-3-17(21)9-18(14)19/h3-4,9-12,15,24H,5-8,13H2,1-2H3,(H,22,23). The van der Waals surface area contributed by atoms with Gasteiger partial charge in [-0.05, 0) is 42.2 Å². The zero-order valence-electron chi connectivity index (χ0n) is 15.7. The van der Waals surface area contributed by atoms with Crippen molar-refractivity contribution in [2.45, 2.75) is 18.8 Å². The van der Waals surface area contributed by atoms with Gasteiger partial charge in [0.1, 0.15) is 5.82 Å². The smallest absolute Gasteiger partial charge is 0.193 e. The van der Waals surface area contributed by atoms with Gasteiger partial charge in [0, 0.05) is 62.9 Å².